The molecule has 1 aliphatic rings. The smallest absolute Gasteiger partial charge is 0.209 e. The molecule has 0 saturated carbocycles. The minimum atomic E-state index is 0.380. The summed E-state index contributed by atoms with van der Waals surface area (Å²) in [5.41, 5.74) is 8.29. The maximum atomic E-state index is 11.0. The van der Waals surface area contributed by atoms with Crippen LogP contribution in [0.5, 0.6) is 0 Å². The molecule has 2 N–H and O–H groups in total. The molecule has 8 nitrogen and oxygen atoms in total. The summed E-state index contributed by atoms with van der Waals surface area (Å²) in [4.78, 5) is 27.2. The number of anilines is 1. The number of fused-ring (bicyclic) bond motifs is 2. The van der Waals surface area contributed by atoms with Crippen molar-refractivity contribution in [3.8, 4) is 0 Å². The number of furan rings is 1. The number of nitrogen functional groups attached to an aromatic ring is 1. The molecule has 0 spiro atoms. The predicted octanol–water partition coefficient (Wildman–Crippen LogP) is 4.33. The van der Waals surface area contributed by atoms with Crippen LogP contribution in [-0.4, -0.2) is 43.9 Å². The van der Waals surface area contributed by atoms with E-state index in [1.807, 2.05) is 23.1 Å². The van der Waals surface area contributed by atoms with Crippen molar-refractivity contribution in [1.82, 2.24) is 24.4 Å². The number of rotatable bonds is 6. The largest absolute Gasteiger partial charge is 0.464 e. The number of nitrogens with zero attached hydrogens (tertiary/aromatic N) is 5. The van der Waals surface area contributed by atoms with Crippen molar-refractivity contribution < 1.29 is 9.21 Å². The van der Waals surface area contributed by atoms with Gasteiger partial charge in [-0.2, -0.15) is 0 Å². The number of aryl methyl sites for hydroxylation is 1. The highest BCUT2D eigenvalue weighted by Crippen LogP contribution is 2.38. The zero-order valence-corrected chi connectivity index (χ0v) is 19.1. The van der Waals surface area contributed by atoms with Gasteiger partial charge in [0.2, 0.25) is 6.41 Å². The third-order valence-electron chi connectivity index (χ3n) is 5.79. The molecule has 31 heavy (non-hydrogen) atoms. The van der Waals surface area contributed by atoms with Crippen molar-refractivity contribution in [3.63, 3.8) is 0 Å². The van der Waals surface area contributed by atoms with Gasteiger partial charge in [0.15, 0.2) is 22.1 Å². The number of nitrogens with two attached hydrogens (primary N) is 1. The first kappa shape index (κ1) is 20.3. The second-order valence-electron chi connectivity index (χ2n) is 7.69. The van der Waals surface area contributed by atoms with E-state index in [9.17, 15) is 4.79 Å². The molecule has 160 valence electrons. The first-order chi connectivity index (χ1) is 15.1. The number of aromatic nitrogens is 4. The molecule has 10 heteroatoms. The van der Waals surface area contributed by atoms with Gasteiger partial charge in [0.05, 0.1) is 6.26 Å². The number of benzene rings is 1. The Labute approximate surface area is 191 Å². The second kappa shape index (κ2) is 8.51. The van der Waals surface area contributed by atoms with Crippen LogP contribution in [0.15, 0.2) is 49.7 Å². The van der Waals surface area contributed by atoms with Gasteiger partial charge < -0.3 is 19.6 Å². The van der Waals surface area contributed by atoms with Gasteiger partial charge in [-0.3, -0.25) is 4.79 Å². The van der Waals surface area contributed by atoms with Crippen LogP contribution in [0, 0.1) is 5.92 Å². The molecule has 1 aliphatic heterocycles. The standard InChI is InChI=1S/C21H21BrN6O2S/c22-15-9-14-4-8-30-16(14)10-17(15)31-21-26-18-19(23)24-11-25-20(18)28(21)7-3-13-1-5-27(12-29)6-2-13/h4,8-13H,1-3,5-7H2,(H2,23,24,25). The van der Waals surface area contributed by atoms with E-state index in [0.717, 1.165) is 76.4 Å². The van der Waals surface area contributed by atoms with Crippen LogP contribution in [0.4, 0.5) is 5.82 Å². The van der Waals surface area contributed by atoms with Gasteiger partial charge >= 0.3 is 0 Å². The molecule has 0 bridgehead atoms. The van der Waals surface area contributed by atoms with Crippen molar-refractivity contribution in [2.24, 2.45) is 5.92 Å². The molecule has 5 rings (SSSR count). The van der Waals surface area contributed by atoms with Crippen molar-refractivity contribution >= 4 is 62.1 Å². The van der Waals surface area contributed by atoms with Crippen LogP contribution in [0.2, 0.25) is 0 Å². The second-order valence-corrected chi connectivity index (χ2v) is 9.56. The van der Waals surface area contributed by atoms with Gasteiger partial charge in [-0.25, -0.2) is 15.0 Å². The fraction of sp³-hybridized carbons (Fsp3) is 0.333. The number of hydrogen-bond donors (Lipinski definition) is 1. The molecular formula is C21H21BrN6O2S. The number of halogens is 1. The minimum Gasteiger partial charge on any atom is -0.464 e. The lowest BCUT2D eigenvalue weighted by Crippen LogP contribution is -2.32. The van der Waals surface area contributed by atoms with Crippen molar-refractivity contribution in [2.45, 2.75) is 35.9 Å². The zero-order valence-electron chi connectivity index (χ0n) is 16.7. The van der Waals surface area contributed by atoms with Crippen LogP contribution in [0.1, 0.15) is 19.3 Å². The van der Waals surface area contributed by atoms with Crippen LogP contribution in [0.25, 0.3) is 22.1 Å². The SMILES string of the molecule is Nc1ncnc2c1nc(Sc1cc3occc3cc1Br)n2CCC1CCN(C=O)CC1. The Morgan fingerprint density at radius 1 is 1.29 bits per heavy atom. The number of piperidine rings is 1. The number of imidazole rings is 1. The molecule has 0 unspecified atom stereocenters. The summed E-state index contributed by atoms with van der Waals surface area (Å²) in [6, 6.07) is 6.00. The van der Waals surface area contributed by atoms with Crippen molar-refractivity contribution in [1.29, 1.82) is 0 Å². The average molecular weight is 501 g/mol. The number of carbonyl (C=O) groups excluding carboxylic acids is 1. The normalized spacial score (nSPS) is 15.2. The Kier molecular flexibility index (Phi) is 5.58. The topological polar surface area (TPSA) is 103 Å². The molecule has 4 aromatic rings. The van der Waals surface area contributed by atoms with E-state index >= 15 is 0 Å². The van der Waals surface area contributed by atoms with Crippen LogP contribution < -0.4 is 5.73 Å². The Hall–Kier alpha value is -2.59. The summed E-state index contributed by atoms with van der Waals surface area (Å²) in [7, 11) is 0. The molecule has 3 aromatic heterocycles. The van der Waals surface area contributed by atoms with E-state index < -0.39 is 0 Å². The Balaban J connectivity index is 1.45. The van der Waals surface area contributed by atoms with Crippen molar-refractivity contribution in [2.75, 3.05) is 18.8 Å². The van der Waals surface area contributed by atoms with E-state index in [1.165, 1.54) is 6.33 Å². The minimum absolute atomic E-state index is 0.380. The number of amides is 1. The summed E-state index contributed by atoms with van der Waals surface area (Å²) in [6.45, 7) is 2.43. The molecule has 1 amide bonds. The number of carbonyl (C=O) groups is 1. The third-order valence-corrected chi connectivity index (χ3v) is 7.76. The summed E-state index contributed by atoms with van der Waals surface area (Å²) in [5, 5.41) is 1.86. The Bertz CT molecular complexity index is 1250. The molecule has 0 radical (unpaired) electrons. The number of hydrogen-bond acceptors (Lipinski definition) is 7. The van der Waals surface area contributed by atoms with Gasteiger partial charge in [0.25, 0.3) is 0 Å². The third kappa shape index (κ3) is 4.01. The van der Waals surface area contributed by atoms with Gasteiger partial charge in [-0.05, 0) is 59.3 Å². The molecule has 1 saturated heterocycles. The number of likely N-dealkylation sites (tertiary alicyclic amines) is 1. The quantitative estimate of drug-likeness (QED) is 0.393. The highest BCUT2D eigenvalue weighted by atomic mass is 79.9. The average Bonchev–Trinajstić information content (AvgIpc) is 3.37. The summed E-state index contributed by atoms with van der Waals surface area (Å²) in [5.74, 6) is 0.947. The molecular weight excluding hydrogens is 480 g/mol. The summed E-state index contributed by atoms with van der Waals surface area (Å²) < 4.78 is 8.68. The maximum Gasteiger partial charge on any atom is 0.209 e. The van der Waals surface area contributed by atoms with E-state index in [-0.39, 0.29) is 0 Å². The predicted molar refractivity (Wildman–Crippen MR) is 123 cm³/mol. The Morgan fingerprint density at radius 3 is 2.94 bits per heavy atom. The van der Waals surface area contributed by atoms with Gasteiger partial charge in [-0.1, -0.05) is 11.8 Å². The Morgan fingerprint density at radius 2 is 2.13 bits per heavy atom. The van der Waals surface area contributed by atoms with Crippen LogP contribution in [0.3, 0.4) is 0 Å². The highest BCUT2D eigenvalue weighted by Gasteiger charge is 2.21. The molecule has 1 fully saturated rings. The zero-order chi connectivity index (χ0) is 21.4. The van der Waals surface area contributed by atoms with E-state index in [1.54, 1.807) is 18.0 Å². The molecule has 1 aromatic carbocycles. The van der Waals surface area contributed by atoms with E-state index in [4.69, 9.17) is 15.1 Å². The first-order valence-electron chi connectivity index (χ1n) is 10.1. The van der Waals surface area contributed by atoms with E-state index in [0.29, 0.717) is 17.3 Å². The summed E-state index contributed by atoms with van der Waals surface area (Å²) in [6.07, 6.45) is 7.15. The van der Waals surface area contributed by atoms with Crippen LogP contribution in [-0.2, 0) is 11.3 Å². The molecule has 0 atom stereocenters. The molecule has 0 aliphatic carbocycles. The fourth-order valence-corrected chi connectivity index (χ4v) is 5.56. The summed E-state index contributed by atoms with van der Waals surface area (Å²) >= 11 is 5.22. The lowest BCUT2D eigenvalue weighted by Gasteiger charge is -2.29. The monoisotopic (exact) mass is 500 g/mol. The maximum absolute atomic E-state index is 11.0. The van der Waals surface area contributed by atoms with Crippen LogP contribution >= 0.6 is 27.7 Å². The van der Waals surface area contributed by atoms with Gasteiger partial charge in [0, 0.05) is 34.4 Å². The van der Waals surface area contributed by atoms with E-state index in [2.05, 4.69) is 30.5 Å². The lowest BCUT2D eigenvalue weighted by atomic mass is 9.94. The first-order valence-corrected chi connectivity index (χ1v) is 11.7. The van der Waals surface area contributed by atoms with Crippen molar-refractivity contribution in [3.05, 3.63) is 35.3 Å². The lowest BCUT2D eigenvalue weighted by molar-refractivity contribution is -0.119. The fourth-order valence-electron chi connectivity index (χ4n) is 4.01. The van der Waals surface area contributed by atoms with Gasteiger partial charge in [0.1, 0.15) is 11.9 Å². The van der Waals surface area contributed by atoms with Gasteiger partial charge in [-0.15, -0.1) is 0 Å². The molecule has 4 heterocycles. The highest BCUT2D eigenvalue weighted by molar-refractivity contribution is 9.10.